The van der Waals surface area contributed by atoms with E-state index in [4.69, 9.17) is 0 Å². The fourth-order valence-corrected chi connectivity index (χ4v) is 2.88. The zero-order valence-electron chi connectivity index (χ0n) is 9.20. The predicted octanol–water partition coefficient (Wildman–Crippen LogP) is 0.850. The van der Waals surface area contributed by atoms with Gasteiger partial charge in [0.25, 0.3) is 0 Å². The Morgan fingerprint density at radius 3 is 2.00 bits per heavy atom. The Balaban J connectivity index is 2.70. The molecule has 0 fully saturated rings. The number of hydrogen-bond acceptors (Lipinski definition) is 2. The molecule has 0 aromatic rings. The van der Waals surface area contributed by atoms with Gasteiger partial charge in [-0.2, -0.15) is 0 Å². The summed E-state index contributed by atoms with van der Waals surface area (Å²) >= 11 is 0. The number of carbonyl (C=O) groups is 2. The van der Waals surface area contributed by atoms with Gasteiger partial charge in [-0.1, -0.05) is 27.7 Å². The topological polar surface area (TPSA) is 37.4 Å². The third kappa shape index (κ3) is 2.12. The molecule has 0 saturated heterocycles. The van der Waals surface area contributed by atoms with Crippen molar-refractivity contribution in [1.29, 1.82) is 0 Å². The number of hydrogen-bond donors (Lipinski definition) is 0. The fourth-order valence-electron chi connectivity index (χ4n) is 1.18. The van der Waals surface area contributed by atoms with Crippen LogP contribution in [-0.4, -0.2) is 26.1 Å². The Kier molecular flexibility index (Phi) is 2.94. The first kappa shape index (κ1) is 11.2. The van der Waals surface area contributed by atoms with Gasteiger partial charge in [0.2, 0.25) is 11.8 Å². The standard InChI is InChI=1S/C10H17NO2Si/c1-7(2)10(3,4)14-11-8(12)5-6-9(11)13/h5-7H,14H2,1-4H3. The van der Waals surface area contributed by atoms with E-state index in [0.29, 0.717) is 5.92 Å². The lowest BCUT2D eigenvalue weighted by atomic mass is 9.99. The average molecular weight is 211 g/mol. The summed E-state index contributed by atoms with van der Waals surface area (Å²) in [6.45, 7) is 8.52. The third-order valence-corrected chi connectivity index (χ3v) is 5.60. The molecule has 14 heavy (non-hydrogen) atoms. The molecule has 1 aliphatic heterocycles. The van der Waals surface area contributed by atoms with E-state index in [9.17, 15) is 9.59 Å². The van der Waals surface area contributed by atoms with Gasteiger partial charge in [0.1, 0.15) is 9.68 Å². The van der Waals surface area contributed by atoms with Crippen LogP contribution in [0.4, 0.5) is 0 Å². The first-order valence-corrected chi connectivity index (χ1v) is 6.22. The summed E-state index contributed by atoms with van der Waals surface area (Å²) < 4.78 is 1.44. The van der Waals surface area contributed by atoms with Gasteiger partial charge >= 0.3 is 0 Å². The van der Waals surface area contributed by atoms with Crippen LogP contribution in [0.1, 0.15) is 27.7 Å². The normalized spacial score (nSPS) is 18.2. The maximum absolute atomic E-state index is 11.3. The van der Waals surface area contributed by atoms with E-state index in [1.807, 2.05) is 0 Å². The van der Waals surface area contributed by atoms with Gasteiger partial charge in [-0.25, -0.2) is 0 Å². The van der Waals surface area contributed by atoms with Crippen molar-refractivity contribution in [3.63, 3.8) is 0 Å². The summed E-state index contributed by atoms with van der Waals surface area (Å²) in [5, 5.41) is 0.108. The van der Waals surface area contributed by atoms with Crippen molar-refractivity contribution < 1.29 is 9.59 Å². The summed E-state index contributed by atoms with van der Waals surface area (Å²) in [4.78, 5) is 22.7. The first-order valence-electron chi connectivity index (χ1n) is 4.88. The van der Waals surface area contributed by atoms with E-state index in [1.54, 1.807) is 0 Å². The number of carbonyl (C=O) groups excluding carboxylic acids is 2. The van der Waals surface area contributed by atoms with E-state index in [1.165, 1.54) is 16.7 Å². The molecule has 1 rings (SSSR count). The minimum absolute atomic E-state index is 0.108. The maximum Gasteiger partial charge on any atom is 0.245 e. The molecular formula is C10H17NO2Si. The summed E-state index contributed by atoms with van der Waals surface area (Å²) in [7, 11) is -0.855. The van der Waals surface area contributed by atoms with Crippen LogP contribution in [0, 0.1) is 5.92 Å². The van der Waals surface area contributed by atoms with Gasteiger partial charge in [-0.15, -0.1) is 0 Å². The van der Waals surface area contributed by atoms with Crippen LogP contribution in [0.3, 0.4) is 0 Å². The Morgan fingerprint density at radius 2 is 1.64 bits per heavy atom. The summed E-state index contributed by atoms with van der Waals surface area (Å²) in [6.07, 6.45) is 2.73. The highest BCUT2D eigenvalue weighted by Crippen LogP contribution is 2.33. The number of rotatable bonds is 3. The molecule has 0 N–H and O–H groups in total. The van der Waals surface area contributed by atoms with Crippen molar-refractivity contribution in [2.75, 3.05) is 0 Å². The van der Waals surface area contributed by atoms with E-state index in [-0.39, 0.29) is 16.9 Å². The zero-order chi connectivity index (χ0) is 10.9. The van der Waals surface area contributed by atoms with Crippen molar-refractivity contribution in [2.45, 2.75) is 32.7 Å². The Bertz CT molecular complexity index is 276. The van der Waals surface area contributed by atoms with E-state index >= 15 is 0 Å². The molecule has 2 amide bonds. The first-order chi connectivity index (χ1) is 6.34. The van der Waals surface area contributed by atoms with E-state index < -0.39 is 9.68 Å². The Hall–Kier alpha value is -0.903. The number of amides is 2. The van der Waals surface area contributed by atoms with Crippen molar-refractivity contribution >= 4 is 21.5 Å². The highest BCUT2D eigenvalue weighted by atomic mass is 28.2. The van der Waals surface area contributed by atoms with Gasteiger partial charge in [0, 0.05) is 12.2 Å². The molecule has 0 saturated carbocycles. The van der Waals surface area contributed by atoms with E-state index in [2.05, 4.69) is 27.7 Å². The lowest BCUT2D eigenvalue weighted by Crippen LogP contribution is -2.40. The SMILES string of the molecule is CC(C)C(C)(C)[SiH2]N1C(=O)C=CC1=O. The third-order valence-electron chi connectivity index (χ3n) is 3.03. The second-order valence-corrected chi connectivity index (χ2v) is 7.51. The molecule has 0 aromatic heterocycles. The van der Waals surface area contributed by atoms with Gasteiger partial charge < -0.3 is 4.57 Å². The molecule has 0 aliphatic carbocycles. The Morgan fingerprint density at radius 1 is 1.21 bits per heavy atom. The lowest BCUT2D eigenvalue weighted by molar-refractivity contribution is -0.131. The minimum Gasteiger partial charge on any atom is -0.310 e. The average Bonchev–Trinajstić information content (AvgIpc) is 2.35. The molecule has 4 heteroatoms. The molecule has 0 radical (unpaired) electrons. The highest BCUT2D eigenvalue weighted by molar-refractivity contribution is 6.48. The zero-order valence-corrected chi connectivity index (χ0v) is 10.6. The molecule has 0 bridgehead atoms. The van der Waals surface area contributed by atoms with Crippen LogP contribution in [0.15, 0.2) is 12.2 Å². The molecule has 0 atom stereocenters. The fraction of sp³-hybridized carbons (Fsp3) is 0.600. The number of imide groups is 1. The molecular weight excluding hydrogens is 194 g/mol. The molecule has 3 nitrogen and oxygen atoms in total. The summed E-state index contributed by atoms with van der Waals surface area (Å²) in [5.41, 5.74) is 0. The molecule has 0 unspecified atom stereocenters. The van der Waals surface area contributed by atoms with Crippen molar-refractivity contribution in [3.8, 4) is 0 Å². The van der Waals surface area contributed by atoms with Gasteiger partial charge in [-0.3, -0.25) is 9.59 Å². The molecule has 1 heterocycles. The molecule has 0 aromatic carbocycles. The second-order valence-electron chi connectivity index (χ2n) is 4.74. The highest BCUT2D eigenvalue weighted by Gasteiger charge is 2.32. The van der Waals surface area contributed by atoms with Crippen LogP contribution in [0.2, 0.25) is 5.04 Å². The van der Waals surface area contributed by atoms with Crippen molar-refractivity contribution in [2.24, 2.45) is 5.92 Å². The summed E-state index contributed by atoms with van der Waals surface area (Å²) in [5.74, 6) is 0.237. The molecule has 0 spiro atoms. The quantitative estimate of drug-likeness (QED) is 0.512. The van der Waals surface area contributed by atoms with Crippen molar-refractivity contribution in [3.05, 3.63) is 12.2 Å². The smallest absolute Gasteiger partial charge is 0.245 e. The van der Waals surface area contributed by atoms with Gasteiger partial charge in [-0.05, 0) is 11.0 Å². The maximum atomic E-state index is 11.3. The van der Waals surface area contributed by atoms with Gasteiger partial charge in [0.05, 0.1) is 0 Å². The monoisotopic (exact) mass is 211 g/mol. The van der Waals surface area contributed by atoms with Crippen LogP contribution >= 0.6 is 0 Å². The van der Waals surface area contributed by atoms with Gasteiger partial charge in [0.15, 0.2) is 0 Å². The second kappa shape index (κ2) is 3.69. The summed E-state index contributed by atoms with van der Waals surface area (Å²) in [6, 6.07) is 0. The largest absolute Gasteiger partial charge is 0.310 e. The van der Waals surface area contributed by atoms with Crippen LogP contribution in [0.25, 0.3) is 0 Å². The number of nitrogens with zero attached hydrogens (tertiary/aromatic N) is 1. The molecule has 1 aliphatic rings. The van der Waals surface area contributed by atoms with Crippen LogP contribution < -0.4 is 0 Å². The Labute approximate surface area is 87.1 Å². The van der Waals surface area contributed by atoms with Crippen LogP contribution in [-0.2, 0) is 9.59 Å². The lowest BCUT2D eigenvalue weighted by Gasteiger charge is -2.32. The van der Waals surface area contributed by atoms with E-state index in [0.717, 1.165) is 0 Å². The van der Waals surface area contributed by atoms with Crippen LogP contribution in [0.5, 0.6) is 0 Å². The predicted molar refractivity (Wildman–Crippen MR) is 58.4 cm³/mol. The minimum atomic E-state index is -0.855. The van der Waals surface area contributed by atoms with Crippen molar-refractivity contribution in [1.82, 2.24) is 4.57 Å². The molecule has 78 valence electrons.